The Morgan fingerprint density at radius 3 is 2.40 bits per heavy atom. The smallest absolute Gasteiger partial charge is 0.127 e. The molecule has 1 atom stereocenters. The molecule has 4 aromatic rings. The summed E-state index contributed by atoms with van der Waals surface area (Å²) in [5.41, 5.74) is 5.89. The van der Waals surface area contributed by atoms with E-state index in [1.165, 1.54) is 22.2 Å². The molecule has 0 saturated heterocycles. The number of para-hydroxylation sites is 2. The molecule has 0 amide bonds. The van der Waals surface area contributed by atoms with Crippen LogP contribution in [-0.4, -0.2) is 16.7 Å². The molecule has 0 aliphatic rings. The van der Waals surface area contributed by atoms with Crippen LogP contribution in [0.5, 0.6) is 5.75 Å². The van der Waals surface area contributed by atoms with Crippen LogP contribution in [0.4, 0.5) is 0 Å². The van der Waals surface area contributed by atoms with Crippen molar-refractivity contribution in [3.63, 3.8) is 0 Å². The molecule has 1 heterocycles. The van der Waals surface area contributed by atoms with Crippen molar-refractivity contribution in [2.45, 2.75) is 39.4 Å². The van der Waals surface area contributed by atoms with Crippen molar-refractivity contribution < 1.29 is 4.74 Å². The van der Waals surface area contributed by atoms with Gasteiger partial charge in [-0.3, -0.25) is 0 Å². The first-order valence-corrected chi connectivity index (χ1v) is 10.5. The summed E-state index contributed by atoms with van der Waals surface area (Å²) in [7, 11) is 1.69. The van der Waals surface area contributed by atoms with E-state index in [1.807, 2.05) is 18.2 Å². The summed E-state index contributed by atoms with van der Waals surface area (Å²) in [6.07, 6.45) is 0. The Kier molecular flexibility index (Phi) is 5.86. The molecule has 4 rings (SSSR count). The number of nitrogens with one attached hydrogen (secondary N) is 1. The van der Waals surface area contributed by atoms with Crippen LogP contribution in [0.15, 0.2) is 72.8 Å². The molecule has 0 bridgehead atoms. The van der Waals surface area contributed by atoms with Gasteiger partial charge in [-0.25, -0.2) is 4.98 Å². The third kappa shape index (κ3) is 4.10. The topological polar surface area (TPSA) is 39.1 Å². The predicted octanol–water partition coefficient (Wildman–Crippen LogP) is 6.14. The van der Waals surface area contributed by atoms with Crippen molar-refractivity contribution in [3.8, 4) is 16.9 Å². The number of hydrogen-bond acceptors (Lipinski definition) is 3. The van der Waals surface area contributed by atoms with E-state index in [9.17, 15) is 0 Å². The largest absolute Gasteiger partial charge is 0.497 e. The number of ether oxygens (including phenoxy) is 1. The lowest BCUT2D eigenvalue weighted by Gasteiger charge is -2.19. The van der Waals surface area contributed by atoms with Crippen molar-refractivity contribution in [2.75, 3.05) is 7.11 Å². The van der Waals surface area contributed by atoms with Crippen LogP contribution in [0.3, 0.4) is 0 Å². The summed E-state index contributed by atoms with van der Waals surface area (Å²) in [5, 5.41) is 3.67. The van der Waals surface area contributed by atoms with Crippen LogP contribution in [-0.2, 0) is 6.54 Å². The molecule has 154 valence electrons. The molecule has 1 N–H and O–H groups in total. The van der Waals surface area contributed by atoms with Gasteiger partial charge < -0.3 is 14.6 Å². The van der Waals surface area contributed by atoms with Gasteiger partial charge in [-0.2, -0.15) is 0 Å². The minimum Gasteiger partial charge on any atom is -0.497 e. The Labute approximate surface area is 178 Å². The Bertz CT molecular complexity index is 1130. The van der Waals surface area contributed by atoms with Crippen molar-refractivity contribution in [3.05, 3.63) is 84.2 Å². The van der Waals surface area contributed by atoms with E-state index in [2.05, 4.69) is 85.3 Å². The second-order valence-corrected chi connectivity index (χ2v) is 7.95. The van der Waals surface area contributed by atoms with Crippen molar-refractivity contribution in [2.24, 2.45) is 0 Å². The highest BCUT2D eigenvalue weighted by atomic mass is 16.5. The minimum absolute atomic E-state index is 0.143. The normalized spacial score (nSPS) is 12.4. The van der Waals surface area contributed by atoms with E-state index in [4.69, 9.17) is 9.72 Å². The van der Waals surface area contributed by atoms with E-state index in [0.717, 1.165) is 23.6 Å². The van der Waals surface area contributed by atoms with Gasteiger partial charge in [0.1, 0.15) is 11.6 Å². The number of hydrogen-bond donors (Lipinski definition) is 1. The zero-order valence-corrected chi connectivity index (χ0v) is 18.1. The number of methoxy groups -OCH3 is 1. The predicted molar refractivity (Wildman–Crippen MR) is 124 cm³/mol. The summed E-state index contributed by atoms with van der Waals surface area (Å²) in [6.45, 7) is 7.39. The molecule has 0 unspecified atom stereocenters. The second kappa shape index (κ2) is 8.72. The average Bonchev–Trinajstić information content (AvgIpc) is 3.18. The van der Waals surface area contributed by atoms with E-state index in [1.54, 1.807) is 7.11 Å². The summed E-state index contributed by atoms with van der Waals surface area (Å²) in [6, 6.07) is 25.7. The standard InChI is InChI=1S/C26H29N3O/c1-18(2)29-25-11-6-5-10-24(25)28-26(29)19(3)27-17-20-8-7-9-22(16-20)21-12-14-23(30-4)15-13-21/h5-16,18-19,27H,17H2,1-4H3/t19-/m0/s1. The van der Waals surface area contributed by atoms with Gasteiger partial charge in [0.25, 0.3) is 0 Å². The van der Waals surface area contributed by atoms with Crippen LogP contribution in [0.25, 0.3) is 22.2 Å². The Morgan fingerprint density at radius 1 is 0.900 bits per heavy atom. The van der Waals surface area contributed by atoms with Gasteiger partial charge in [0, 0.05) is 12.6 Å². The van der Waals surface area contributed by atoms with E-state index in [-0.39, 0.29) is 6.04 Å². The van der Waals surface area contributed by atoms with Crippen LogP contribution >= 0.6 is 0 Å². The molecule has 4 heteroatoms. The van der Waals surface area contributed by atoms with Gasteiger partial charge in [-0.1, -0.05) is 42.5 Å². The highest BCUT2D eigenvalue weighted by Crippen LogP contribution is 2.26. The van der Waals surface area contributed by atoms with Gasteiger partial charge in [0.15, 0.2) is 0 Å². The highest BCUT2D eigenvalue weighted by Gasteiger charge is 2.18. The molecule has 0 aliphatic heterocycles. The first-order valence-electron chi connectivity index (χ1n) is 10.5. The Morgan fingerprint density at radius 2 is 1.67 bits per heavy atom. The zero-order chi connectivity index (χ0) is 21.1. The maximum Gasteiger partial charge on any atom is 0.127 e. The lowest BCUT2D eigenvalue weighted by molar-refractivity contribution is 0.415. The molecule has 30 heavy (non-hydrogen) atoms. The molecule has 0 spiro atoms. The molecule has 0 radical (unpaired) electrons. The molecule has 1 aromatic heterocycles. The first-order chi connectivity index (χ1) is 14.6. The Balaban J connectivity index is 1.52. The maximum atomic E-state index is 5.27. The summed E-state index contributed by atoms with van der Waals surface area (Å²) in [5.74, 6) is 1.95. The van der Waals surface area contributed by atoms with Crippen molar-refractivity contribution >= 4 is 11.0 Å². The van der Waals surface area contributed by atoms with Gasteiger partial charge >= 0.3 is 0 Å². The number of benzene rings is 3. The maximum absolute atomic E-state index is 5.27. The number of fused-ring (bicyclic) bond motifs is 1. The molecular formula is C26H29N3O. The molecule has 0 aliphatic carbocycles. The minimum atomic E-state index is 0.143. The van der Waals surface area contributed by atoms with Gasteiger partial charge in [-0.15, -0.1) is 0 Å². The number of aromatic nitrogens is 2. The van der Waals surface area contributed by atoms with E-state index in [0.29, 0.717) is 6.04 Å². The van der Waals surface area contributed by atoms with Gasteiger partial charge in [0.2, 0.25) is 0 Å². The van der Waals surface area contributed by atoms with Gasteiger partial charge in [-0.05, 0) is 67.8 Å². The SMILES string of the molecule is COc1ccc(-c2cccc(CN[C@@H](C)c3nc4ccccc4n3C(C)C)c2)cc1. The Hall–Kier alpha value is -3.11. The number of imidazole rings is 1. The zero-order valence-electron chi connectivity index (χ0n) is 18.1. The fourth-order valence-corrected chi connectivity index (χ4v) is 3.92. The molecule has 0 saturated carbocycles. The third-order valence-corrected chi connectivity index (χ3v) is 5.49. The monoisotopic (exact) mass is 399 g/mol. The van der Waals surface area contributed by atoms with Crippen LogP contribution < -0.4 is 10.1 Å². The molecule has 4 nitrogen and oxygen atoms in total. The lowest BCUT2D eigenvalue weighted by atomic mass is 10.0. The molecule has 3 aromatic carbocycles. The second-order valence-electron chi connectivity index (χ2n) is 7.95. The lowest BCUT2D eigenvalue weighted by Crippen LogP contribution is -2.22. The van der Waals surface area contributed by atoms with Gasteiger partial charge in [0.05, 0.1) is 24.2 Å². The van der Waals surface area contributed by atoms with E-state index < -0.39 is 0 Å². The summed E-state index contributed by atoms with van der Waals surface area (Å²) < 4.78 is 7.60. The highest BCUT2D eigenvalue weighted by molar-refractivity contribution is 5.76. The van der Waals surface area contributed by atoms with Crippen molar-refractivity contribution in [1.82, 2.24) is 14.9 Å². The van der Waals surface area contributed by atoms with E-state index >= 15 is 0 Å². The average molecular weight is 400 g/mol. The van der Waals surface area contributed by atoms with Crippen LogP contribution in [0, 0.1) is 0 Å². The fourth-order valence-electron chi connectivity index (χ4n) is 3.92. The summed E-state index contributed by atoms with van der Waals surface area (Å²) >= 11 is 0. The van der Waals surface area contributed by atoms with Crippen LogP contribution in [0.1, 0.15) is 44.2 Å². The van der Waals surface area contributed by atoms with Crippen LogP contribution in [0.2, 0.25) is 0 Å². The third-order valence-electron chi connectivity index (χ3n) is 5.49. The first kappa shape index (κ1) is 20.2. The number of rotatable bonds is 7. The van der Waals surface area contributed by atoms with Crippen molar-refractivity contribution in [1.29, 1.82) is 0 Å². The number of nitrogens with zero attached hydrogens (tertiary/aromatic N) is 2. The molecule has 0 fully saturated rings. The molecular weight excluding hydrogens is 370 g/mol. The quantitative estimate of drug-likeness (QED) is 0.405. The fraction of sp³-hybridized carbons (Fsp3) is 0.269. The summed E-state index contributed by atoms with van der Waals surface area (Å²) in [4.78, 5) is 4.92.